The van der Waals surface area contributed by atoms with Crippen molar-refractivity contribution in [3.05, 3.63) is 42.2 Å². The van der Waals surface area contributed by atoms with Crippen molar-refractivity contribution in [3.63, 3.8) is 0 Å². The average Bonchev–Trinajstić information content (AvgIpc) is 3.39. The van der Waals surface area contributed by atoms with Crippen LogP contribution in [0.1, 0.15) is 80.8 Å². The number of primary amides is 1. The van der Waals surface area contributed by atoms with Gasteiger partial charge in [0.25, 0.3) is 11.8 Å². The largest absolute Gasteiger partial charge is 0.444 e. The van der Waals surface area contributed by atoms with Gasteiger partial charge in [0.05, 0.1) is 11.7 Å². The number of nitrogens with zero attached hydrogens (tertiary/aromatic N) is 4. The van der Waals surface area contributed by atoms with Gasteiger partial charge in [-0.2, -0.15) is 5.10 Å². The van der Waals surface area contributed by atoms with Crippen molar-refractivity contribution in [2.24, 2.45) is 23.5 Å². The zero-order chi connectivity index (χ0) is 25.2. The van der Waals surface area contributed by atoms with Gasteiger partial charge >= 0.3 is 0 Å². The van der Waals surface area contributed by atoms with Gasteiger partial charge in [0.1, 0.15) is 12.1 Å². The number of amides is 2. The standard InChI is InChI=1S/C26H33N7O3.H2/c1-15(2)17-5-7-19(8-6-17)33-13-20(23(32-33)24(27)34)30-25(35)21-14-36-26(31-21)18-9-10-28-22(11-18)29-12-16-3-4-16;/h9-11,13-17,19H,3-8,12H2,1-2H3,(H2,27,34)(H,28,29)(H,30,35);1H. The Morgan fingerprint density at radius 1 is 1.22 bits per heavy atom. The van der Waals surface area contributed by atoms with Gasteiger partial charge in [-0.1, -0.05) is 13.8 Å². The van der Waals surface area contributed by atoms with E-state index in [4.69, 9.17) is 10.2 Å². The predicted molar refractivity (Wildman–Crippen MR) is 138 cm³/mol. The van der Waals surface area contributed by atoms with Crippen molar-refractivity contribution < 1.29 is 15.4 Å². The van der Waals surface area contributed by atoms with Crippen LogP contribution in [0.4, 0.5) is 11.5 Å². The molecule has 2 saturated carbocycles. The molecule has 0 aliphatic heterocycles. The molecule has 2 amide bonds. The number of pyridine rings is 1. The molecule has 192 valence electrons. The van der Waals surface area contributed by atoms with Crippen molar-refractivity contribution in [2.75, 3.05) is 17.2 Å². The lowest BCUT2D eigenvalue weighted by atomic mass is 9.80. The molecule has 0 spiro atoms. The van der Waals surface area contributed by atoms with Gasteiger partial charge in [0.15, 0.2) is 11.4 Å². The highest BCUT2D eigenvalue weighted by Crippen LogP contribution is 2.36. The molecule has 0 bridgehead atoms. The van der Waals surface area contributed by atoms with E-state index in [-0.39, 0.29) is 24.5 Å². The molecular formula is C26H35N7O3. The lowest BCUT2D eigenvalue weighted by molar-refractivity contribution is 0.0994. The normalized spacial score (nSPS) is 19.9. The smallest absolute Gasteiger partial charge is 0.277 e. The third kappa shape index (κ3) is 5.42. The molecule has 0 radical (unpaired) electrons. The highest BCUT2D eigenvalue weighted by molar-refractivity contribution is 6.07. The molecule has 3 aromatic heterocycles. The lowest BCUT2D eigenvalue weighted by Crippen LogP contribution is -2.22. The van der Waals surface area contributed by atoms with E-state index in [0.29, 0.717) is 23.3 Å². The second-order valence-electron chi connectivity index (χ2n) is 10.3. The highest BCUT2D eigenvalue weighted by Gasteiger charge is 2.27. The summed E-state index contributed by atoms with van der Waals surface area (Å²) >= 11 is 0. The van der Waals surface area contributed by atoms with Gasteiger partial charge in [-0.15, -0.1) is 0 Å². The maximum Gasteiger partial charge on any atom is 0.277 e. The van der Waals surface area contributed by atoms with Gasteiger partial charge in [0.2, 0.25) is 5.89 Å². The second kappa shape index (κ2) is 10.1. The summed E-state index contributed by atoms with van der Waals surface area (Å²) in [6.07, 6.45) is 11.4. The summed E-state index contributed by atoms with van der Waals surface area (Å²) in [5.41, 5.74) is 6.69. The number of aromatic nitrogens is 4. The van der Waals surface area contributed by atoms with Gasteiger partial charge in [-0.25, -0.2) is 9.97 Å². The molecule has 0 atom stereocenters. The minimum absolute atomic E-state index is 0. The molecule has 3 heterocycles. The van der Waals surface area contributed by atoms with Crippen LogP contribution < -0.4 is 16.4 Å². The maximum atomic E-state index is 12.9. The average molecular weight is 494 g/mol. The molecule has 36 heavy (non-hydrogen) atoms. The van der Waals surface area contributed by atoms with Gasteiger partial charge < -0.3 is 20.8 Å². The molecule has 2 fully saturated rings. The van der Waals surface area contributed by atoms with Crippen LogP contribution in [0.25, 0.3) is 11.5 Å². The van der Waals surface area contributed by atoms with E-state index >= 15 is 0 Å². The molecule has 2 aliphatic carbocycles. The Labute approximate surface area is 211 Å². The van der Waals surface area contributed by atoms with E-state index in [0.717, 1.165) is 44.0 Å². The van der Waals surface area contributed by atoms with Crippen molar-refractivity contribution in [1.82, 2.24) is 19.7 Å². The first-order valence-corrected chi connectivity index (χ1v) is 12.7. The molecule has 0 unspecified atom stereocenters. The quantitative estimate of drug-likeness (QED) is 0.391. The summed E-state index contributed by atoms with van der Waals surface area (Å²) in [6.45, 7) is 5.41. The Morgan fingerprint density at radius 3 is 2.69 bits per heavy atom. The maximum absolute atomic E-state index is 12.9. The number of rotatable bonds is 9. The molecule has 10 heteroatoms. The SMILES string of the molecule is CC(C)C1CCC(n2cc(NC(=O)c3coc(-c4ccnc(NCC5CC5)c4)n3)c(C(N)=O)n2)CC1.[HH]. The molecule has 3 aromatic rings. The summed E-state index contributed by atoms with van der Waals surface area (Å²) in [5, 5.41) is 10.5. The summed E-state index contributed by atoms with van der Waals surface area (Å²) < 4.78 is 7.34. The Bertz CT molecular complexity index is 1240. The summed E-state index contributed by atoms with van der Waals surface area (Å²) in [5.74, 6) is 1.94. The Morgan fingerprint density at radius 2 is 2.00 bits per heavy atom. The van der Waals surface area contributed by atoms with Crippen LogP contribution in [0.15, 0.2) is 35.2 Å². The van der Waals surface area contributed by atoms with Crippen LogP contribution in [0.5, 0.6) is 0 Å². The monoisotopic (exact) mass is 493 g/mol. The number of hydrogen-bond donors (Lipinski definition) is 3. The van der Waals surface area contributed by atoms with Crippen molar-refractivity contribution >= 4 is 23.3 Å². The fraction of sp³-hybridized carbons (Fsp3) is 0.500. The number of carbonyl (C=O) groups excluding carboxylic acids is 2. The summed E-state index contributed by atoms with van der Waals surface area (Å²) in [4.78, 5) is 33.7. The number of nitrogens with two attached hydrogens (primary N) is 1. The predicted octanol–water partition coefficient (Wildman–Crippen LogP) is 4.74. The third-order valence-corrected chi connectivity index (χ3v) is 7.28. The molecule has 2 aliphatic rings. The topological polar surface area (TPSA) is 141 Å². The van der Waals surface area contributed by atoms with Crippen molar-refractivity contribution in [2.45, 2.75) is 58.4 Å². The van der Waals surface area contributed by atoms with Crippen molar-refractivity contribution in [1.29, 1.82) is 0 Å². The second-order valence-corrected chi connectivity index (χ2v) is 10.3. The van der Waals surface area contributed by atoms with Gasteiger partial charge in [-0.05, 0) is 68.4 Å². The van der Waals surface area contributed by atoms with Crippen LogP contribution >= 0.6 is 0 Å². The number of nitrogens with one attached hydrogen (secondary N) is 2. The summed E-state index contributed by atoms with van der Waals surface area (Å²) in [7, 11) is 0. The Kier molecular flexibility index (Phi) is 6.75. The molecule has 5 rings (SSSR count). The first kappa shape index (κ1) is 24.0. The van der Waals surface area contributed by atoms with Gasteiger partial charge in [0, 0.05) is 25.9 Å². The Balaban J connectivity index is 0.00000320. The number of oxazole rings is 1. The summed E-state index contributed by atoms with van der Waals surface area (Å²) in [6, 6.07) is 3.80. The van der Waals surface area contributed by atoms with E-state index < -0.39 is 11.8 Å². The van der Waals surface area contributed by atoms with Crippen LogP contribution in [0.2, 0.25) is 0 Å². The van der Waals surface area contributed by atoms with E-state index in [1.54, 1.807) is 23.1 Å². The van der Waals surface area contributed by atoms with Gasteiger partial charge in [-0.3, -0.25) is 14.3 Å². The molecule has 0 saturated heterocycles. The van der Waals surface area contributed by atoms with E-state index in [1.165, 1.54) is 19.1 Å². The zero-order valence-corrected chi connectivity index (χ0v) is 20.7. The van der Waals surface area contributed by atoms with Crippen molar-refractivity contribution in [3.8, 4) is 11.5 Å². The Hall–Kier alpha value is -3.69. The molecule has 4 N–H and O–H groups in total. The minimum Gasteiger partial charge on any atom is -0.444 e. The molecule has 0 aromatic carbocycles. The molecule has 10 nitrogen and oxygen atoms in total. The number of anilines is 2. The first-order chi connectivity index (χ1) is 17.4. The third-order valence-electron chi connectivity index (χ3n) is 7.28. The fourth-order valence-electron chi connectivity index (χ4n) is 4.81. The van der Waals surface area contributed by atoms with E-state index in [1.807, 2.05) is 6.07 Å². The molecular weight excluding hydrogens is 458 g/mol. The zero-order valence-electron chi connectivity index (χ0n) is 20.7. The van der Waals surface area contributed by atoms with Crippen LogP contribution in [-0.4, -0.2) is 38.1 Å². The van der Waals surface area contributed by atoms with E-state index in [2.05, 4.69) is 39.5 Å². The fourth-order valence-corrected chi connectivity index (χ4v) is 4.81. The van der Waals surface area contributed by atoms with E-state index in [9.17, 15) is 9.59 Å². The minimum atomic E-state index is -0.691. The first-order valence-electron chi connectivity index (χ1n) is 12.7. The highest BCUT2D eigenvalue weighted by atomic mass is 16.3. The lowest BCUT2D eigenvalue weighted by Gasteiger charge is -2.30. The van der Waals surface area contributed by atoms with Crippen LogP contribution in [0.3, 0.4) is 0 Å². The number of carbonyl (C=O) groups is 2. The van der Waals surface area contributed by atoms with Crippen LogP contribution in [-0.2, 0) is 0 Å². The number of hydrogen-bond acceptors (Lipinski definition) is 7. The van der Waals surface area contributed by atoms with Crippen LogP contribution in [0, 0.1) is 17.8 Å².